The molecular weight excluding hydrogens is 326 g/mol. The summed E-state index contributed by atoms with van der Waals surface area (Å²) in [5.41, 5.74) is 5.95. The Hall–Kier alpha value is -3.45. The molecule has 0 saturated carbocycles. The van der Waals surface area contributed by atoms with Crippen LogP contribution in [0.4, 0.5) is 0 Å². The summed E-state index contributed by atoms with van der Waals surface area (Å²) in [5, 5.41) is 4.87. The first-order valence-corrected chi connectivity index (χ1v) is 9.24. The molecule has 0 radical (unpaired) electrons. The number of hydrogen-bond acceptors (Lipinski definition) is 1. The van der Waals surface area contributed by atoms with Crippen LogP contribution in [0.2, 0.25) is 0 Å². The van der Waals surface area contributed by atoms with Crippen LogP contribution in [-0.2, 0) is 0 Å². The summed E-state index contributed by atoms with van der Waals surface area (Å²) in [6.45, 7) is 2.12. The second kappa shape index (κ2) is 6.37. The molecule has 0 atom stereocenters. The molecule has 1 aromatic heterocycles. The molecule has 0 saturated heterocycles. The molecular formula is C26H19N. The van der Waals surface area contributed by atoms with Crippen molar-refractivity contribution < 1.29 is 0 Å². The molecule has 1 heteroatoms. The first-order chi connectivity index (χ1) is 13.3. The molecule has 5 rings (SSSR count). The zero-order chi connectivity index (χ0) is 18.2. The Morgan fingerprint density at radius 1 is 0.593 bits per heavy atom. The van der Waals surface area contributed by atoms with Crippen molar-refractivity contribution in [2.75, 3.05) is 0 Å². The maximum absolute atomic E-state index is 4.83. The van der Waals surface area contributed by atoms with Crippen LogP contribution in [0.5, 0.6) is 0 Å². The highest BCUT2D eigenvalue weighted by Crippen LogP contribution is 2.39. The molecule has 0 aliphatic carbocycles. The molecule has 0 amide bonds. The van der Waals surface area contributed by atoms with Gasteiger partial charge in [0.25, 0.3) is 0 Å². The average Bonchev–Trinajstić information content (AvgIpc) is 2.73. The summed E-state index contributed by atoms with van der Waals surface area (Å²) < 4.78 is 0. The van der Waals surface area contributed by atoms with Gasteiger partial charge in [-0.1, -0.05) is 90.5 Å². The molecule has 0 unspecified atom stereocenters. The number of pyridine rings is 1. The van der Waals surface area contributed by atoms with E-state index in [1.54, 1.807) is 0 Å². The van der Waals surface area contributed by atoms with Crippen LogP contribution in [0.3, 0.4) is 0 Å². The van der Waals surface area contributed by atoms with Crippen LogP contribution >= 0.6 is 0 Å². The minimum atomic E-state index is 1.04. The van der Waals surface area contributed by atoms with Gasteiger partial charge in [0.1, 0.15) is 0 Å². The molecule has 1 heterocycles. The van der Waals surface area contributed by atoms with Crippen molar-refractivity contribution in [1.29, 1.82) is 0 Å². The number of hydrogen-bond donors (Lipinski definition) is 0. The highest BCUT2D eigenvalue weighted by molar-refractivity contribution is 6.09. The van der Waals surface area contributed by atoms with Gasteiger partial charge in [-0.05, 0) is 40.3 Å². The van der Waals surface area contributed by atoms with Crippen molar-refractivity contribution in [1.82, 2.24) is 4.98 Å². The molecule has 27 heavy (non-hydrogen) atoms. The Balaban J connectivity index is 1.91. The van der Waals surface area contributed by atoms with E-state index in [1.165, 1.54) is 43.8 Å². The van der Waals surface area contributed by atoms with Crippen LogP contribution in [-0.4, -0.2) is 4.98 Å². The lowest BCUT2D eigenvalue weighted by Crippen LogP contribution is -1.92. The lowest BCUT2D eigenvalue weighted by Gasteiger charge is -2.15. The lowest BCUT2D eigenvalue weighted by molar-refractivity contribution is 1.36. The smallest absolute Gasteiger partial charge is 0.0792 e. The largest absolute Gasteiger partial charge is 0.256 e. The second-order valence-corrected chi connectivity index (χ2v) is 6.96. The van der Waals surface area contributed by atoms with Gasteiger partial charge in [-0.3, -0.25) is 4.98 Å². The van der Waals surface area contributed by atoms with Crippen molar-refractivity contribution in [2.45, 2.75) is 6.92 Å². The van der Waals surface area contributed by atoms with Gasteiger partial charge < -0.3 is 0 Å². The van der Waals surface area contributed by atoms with Gasteiger partial charge in [0.2, 0.25) is 0 Å². The van der Waals surface area contributed by atoms with E-state index in [4.69, 9.17) is 4.98 Å². The quantitative estimate of drug-likeness (QED) is 0.335. The van der Waals surface area contributed by atoms with Crippen LogP contribution in [0.25, 0.3) is 43.9 Å². The molecule has 0 aliphatic rings. The number of benzene rings is 4. The number of fused-ring (bicyclic) bond motifs is 2. The first kappa shape index (κ1) is 15.8. The van der Waals surface area contributed by atoms with Crippen LogP contribution < -0.4 is 0 Å². The van der Waals surface area contributed by atoms with Gasteiger partial charge in [0.15, 0.2) is 0 Å². The van der Waals surface area contributed by atoms with Gasteiger partial charge in [-0.15, -0.1) is 0 Å². The highest BCUT2D eigenvalue weighted by atomic mass is 14.7. The maximum Gasteiger partial charge on any atom is 0.0792 e. The van der Waals surface area contributed by atoms with E-state index in [9.17, 15) is 0 Å². The summed E-state index contributed by atoms with van der Waals surface area (Å²) in [6.07, 6.45) is 1.92. The summed E-state index contributed by atoms with van der Waals surface area (Å²) in [7, 11) is 0. The summed E-state index contributed by atoms with van der Waals surface area (Å²) in [5.74, 6) is 0. The highest BCUT2D eigenvalue weighted by Gasteiger charge is 2.15. The SMILES string of the molecule is Cc1ccc(-c2ccc3ccccc3c2-c2nccc3ccccc23)cc1. The van der Waals surface area contributed by atoms with Gasteiger partial charge in [-0.25, -0.2) is 0 Å². The third-order valence-electron chi connectivity index (χ3n) is 5.20. The third-order valence-corrected chi connectivity index (χ3v) is 5.20. The summed E-state index contributed by atoms with van der Waals surface area (Å²) >= 11 is 0. The number of aromatic nitrogens is 1. The van der Waals surface area contributed by atoms with Gasteiger partial charge in [-0.2, -0.15) is 0 Å². The predicted octanol–water partition coefficient (Wildman–Crippen LogP) is 7.03. The minimum Gasteiger partial charge on any atom is -0.256 e. The third kappa shape index (κ3) is 2.69. The van der Waals surface area contributed by atoms with Gasteiger partial charge in [0, 0.05) is 17.1 Å². The number of aryl methyl sites for hydroxylation is 1. The molecule has 0 aliphatic heterocycles. The number of nitrogens with zero attached hydrogens (tertiary/aromatic N) is 1. The Kier molecular flexibility index (Phi) is 3.72. The molecule has 1 nitrogen and oxygen atoms in total. The molecule has 5 aromatic rings. The molecule has 4 aromatic carbocycles. The van der Waals surface area contributed by atoms with Crippen molar-refractivity contribution in [3.8, 4) is 22.4 Å². The fourth-order valence-electron chi connectivity index (χ4n) is 3.82. The van der Waals surface area contributed by atoms with Crippen molar-refractivity contribution in [3.05, 3.63) is 103 Å². The van der Waals surface area contributed by atoms with Crippen molar-refractivity contribution >= 4 is 21.5 Å². The standard InChI is InChI=1S/C26H19N/c1-18-10-12-21(13-11-18)23-15-14-19-6-2-4-8-22(19)25(23)26-24-9-5-3-7-20(24)16-17-27-26/h2-17H,1H3. The fourth-order valence-corrected chi connectivity index (χ4v) is 3.82. The van der Waals surface area contributed by atoms with E-state index in [1.807, 2.05) is 6.20 Å². The average molecular weight is 345 g/mol. The molecule has 0 N–H and O–H groups in total. The first-order valence-electron chi connectivity index (χ1n) is 9.24. The monoisotopic (exact) mass is 345 g/mol. The van der Waals surface area contributed by atoms with Gasteiger partial charge in [0.05, 0.1) is 5.69 Å². The normalized spacial score (nSPS) is 11.1. The summed E-state index contributed by atoms with van der Waals surface area (Å²) in [4.78, 5) is 4.83. The Morgan fingerprint density at radius 3 is 2.04 bits per heavy atom. The minimum absolute atomic E-state index is 1.04. The second-order valence-electron chi connectivity index (χ2n) is 6.96. The van der Waals surface area contributed by atoms with Crippen molar-refractivity contribution in [2.24, 2.45) is 0 Å². The van der Waals surface area contributed by atoms with E-state index in [0.29, 0.717) is 0 Å². The maximum atomic E-state index is 4.83. The van der Waals surface area contributed by atoms with E-state index in [-0.39, 0.29) is 0 Å². The Labute approximate surface area is 158 Å². The number of rotatable bonds is 2. The molecule has 0 fully saturated rings. The Morgan fingerprint density at radius 2 is 1.26 bits per heavy atom. The Bertz CT molecular complexity index is 1260. The van der Waals surface area contributed by atoms with Crippen LogP contribution in [0, 0.1) is 6.92 Å². The molecule has 128 valence electrons. The zero-order valence-corrected chi connectivity index (χ0v) is 15.2. The zero-order valence-electron chi connectivity index (χ0n) is 15.2. The van der Waals surface area contributed by atoms with E-state index in [2.05, 4.69) is 97.9 Å². The van der Waals surface area contributed by atoms with E-state index >= 15 is 0 Å². The predicted molar refractivity (Wildman–Crippen MR) is 115 cm³/mol. The summed E-state index contributed by atoms with van der Waals surface area (Å²) in [6, 6.07) is 32.3. The fraction of sp³-hybridized carbons (Fsp3) is 0.0385. The molecule has 0 bridgehead atoms. The van der Waals surface area contributed by atoms with Crippen LogP contribution in [0.1, 0.15) is 5.56 Å². The lowest BCUT2D eigenvalue weighted by atomic mass is 9.90. The topological polar surface area (TPSA) is 12.9 Å². The van der Waals surface area contributed by atoms with E-state index < -0.39 is 0 Å². The van der Waals surface area contributed by atoms with E-state index in [0.717, 1.165) is 5.69 Å². The molecule has 0 spiro atoms. The van der Waals surface area contributed by atoms with Crippen LogP contribution in [0.15, 0.2) is 97.2 Å². The van der Waals surface area contributed by atoms with Gasteiger partial charge >= 0.3 is 0 Å². The van der Waals surface area contributed by atoms with Crippen molar-refractivity contribution in [3.63, 3.8) is 0 Å².